The van der Waals surface area contributed by atoms with Gasteiger partial charge in [-0.3, -0.25) is 0 Å². The van der Waals surface area contributed by atoms with Gasteiger partial charge in [0.25, 0.3) is 0 Å². The molecule has 3 heteroatoms. The zero-order chi connectivity index (χ0) is 13.0. The number of aliphatic hydroxyl groups excluding tert-OH is 2. The molecule has 0 unspecified atom stereocenters. The Kier molecular flexibility index (Phi) is 3.00. The largest absolute Gasteiger partial charge is 0.396 e. The quantitative estimate of drug-likeness (QED) is 0.741. The van der Waals surface area contributed by atoms with E-state index >= 15 is 0 Å². The summed E-state index contributed by atoms with van der Waals surface area (Å²) in [4.78, 5) is 0. The first-order valence-corrected chi connectivity index (χ1v) is 7.42. The van der Waals surface area contributed by atoms with Crippen molar-refractivity contribution in [3.8, 4) is 0 Å². The monoisotopic (exact) mass is 254 g/mol. The van der Waals surface area contributed by atoms with Gasteiger partial charge in [0.1, 0.15) is 0 Å². The summed E-state index contributed by atoms with van der Waals surface area (Å²) in [6.45, 7) is 5.01. The van der Waals surface area contributed by atoms with Crippen molar-refractivity contribution in [3.63, 3.8) is 0 Å². The smallest absolute Gasteiger partial charge is 0.0920 e. The maximum atomic E-state index is 9.63. The molecule has 18 heavy (non-hydrogen) atoms. The third-order valence-corrected chi connectivity index (χ3v) is 6.10. The summed E-state index contributed by atoms with van der Waals surface area (Å²) in [6, 6.07) is 0. The van der Waals surface area contributed by atoms with Gasteiger partial charge in [-0.2, -0.15) is 0 Å². The van der Waals surface area contributed by atoms with Gasteiger partial charge in [-0.1, -0.05) is 6.92 Å². The van der Waals surface area contributed by atoms with E-state index < -0.39 is 0 Å². The van der Waals surface area contributed by atoms with Crippen molar-refractivity contribution < 1.29 is 14.9 Å². The summed E-state index contributed by atoms with van der Waals surface area (Å²) in [5.74, 6) is 1.61. The van der Waals surface area contributed by atoms with Gasteiger partial charge in [-0.25, -0.2) is 0 Å². The van der Waals surface area contributed by atoms with Gasteiger partial charge < -0.3 is 14.9 Å². The second-order valence-corrected chi connectivity index (χ2v) is 7.26. The molecule has 0 spiro atoms. The predicted molar refractivity (Wildman–Crippen MR) is 69.1 cm³/mol. The molecule has 0 bridgehead atoms. The molecule has 3 fully saturated rings. The summed E-state index contributed by atoms with van der Waals surface area (Å²) >= 11 is 0. The fourth-order valence-corrected chi connectivity index (χ4v) is 4.55. The highest BCUT2D eigenvalue weighted by atomic mass is 16.6. The third-order valence-electron chi connectivity index (χ3n) is 6.10. The molecule has 1 heterocycles. The first-order valence-electron chi connectivity index (χ1n) is 7.42. The van der Waals surface area contributed by atoms with Crippen LogP contribution in [0.4, 0.5) is 0 Å². The first-order chi connectivity index (χ1) is 8.52. The summed E-state index contributed by atoms with van der Waals surface area (Å²) < 4.78 is 5.84. The van der Waals surface area contributed by atoms with E-state index in [1.165, 1.54) is 0 Å². The van der Waals surface area contributed by atoms with E-state index in [9.17, 15) is 10.2 Å². The van der Waals surface area contributed by atoms with Crippen molar-refractivity contribution in [2.75, 3.05) is 13.2 Å². The van der Waals surface area contributed by atoms with Crippen LogP contribution in [0.2, 0.25) is 0 Å². The average molecular weight is 254 g/mol. The zero-order valence-electron chi connectivity index (χ0n) is 11.6. The number of fused-ring (bicyclic) bond motifs is 2. The number of aliphatic hydroxyl groups is 2. The Labute approximate surface area is 110 Å². The van der Waals surface area contributed by atoms with Crippen LogP contribution in [0, 0.1) is 23.2 Å². The molecule has 104 valence electrons. The van der Waals surface area contributed by atoms with Gasteiger partial charge in [0.2, 0.25) is 0 Å². The van der Waals surface area contributed by atoms with Crippen LogP contribution < -0.4 is 0 Å². The van der Waals surface area contributed by atoms with E-state index in [-0.39, 0.29) is 17.6 Å². The normalized spacial score (nSPS) is 55.3. The van der Waals surface area contributed by atoms with Crippen molar-refractivity contribution in [1.82, 2.24) is 0 Å². The molecule has 0 radical (unpaired) electrons. The molecule has 0 aromatic rings. The number of hydrogen-bond acceptors (Lipinski definition) is 3. The van der Waals surface area contributed by atoms with E-state index in [2.05, 4.69) is 13.8 Å². The summed E-state index contributed by atoms with van der Waals surface area (Å²) in [7, 11) is 0. The van der Waals surface area contributed by atoms with Gasteiger partial charge in [-0.15, -0.1) is 0 Å². The van der Waals surface area contributed by atoms with Crippen molar-refractivity contribution in [3.05, 3.63) is 0 Å². The maximum Gasteiger partial charge on any atom is 0.0920 e. The van der Waals surface area contributed by atoms with E-state index in [1.54, 1.807) is 0 Å². The Hall–Kier alpha value is -0.120. The number of ether oxygens (including phenoxy) is 1. The minimum atomic E-state index is 0.0865. The first kappa shape index (κ1) is 12.9. The molecular formula is C15H26O3. The highest BCUT2D eigenvalue weighted by Gasteiger charge is 2.57. The molecule has 2 saturated carbocycles. The van der Waals surface area contributed by atoms with Crippen LogP contribution >= 0.6 is 0 Å². The molecule has 0 amide bonds. The summed E-state index contributed by atoms with van der Waals surface area (Å²) in [6.07, 6.45) is 5.95. The zero-order valence-corrected chi connectivity index (χ0v) is 11.6. The lowest BCUT2D eigenvalue weighted by Gasteiger charge is -2.55. The number of hydrogen-bond donors (Lipinski definition) is 2. The minimum absolute atomic E-state index is 0.0865. The molecule has 3 nitrogen and oxygen atoms in total. The van der Waals surface area contributed by atoms with Crippen LogP contribution in [0.25, 0.3) is 0 Å². The van der Waals surface area contributed by atoms with Crippen molar-refractivity contribution in [2.45, 2.75) is 57.7 Å². The van der Waals surface area contributed by atoms with Crippen LogP contribution in [-0.2, 0) is 4.74 Å². The molecule has 6 atom stereocenters. The number of epoxide rings is 1. The van der Waals surface area contributed by atoms with E-state index in [4.69, 9.17) is 4.74 Å². The van der Waals surface area contributed by atoms with Gasteiger partial charge in [0.05, 0.1) is 11.7 Å². The second-order valence-electron chi connectivity index (χ2n) is 7.26. The highest BCUT2D eigenvalue weighted by molar-refractivity contribution is 5.06. The molecule has 0 aromatic heterocycles. The third kappa shape index (κ3) is 1.83. The van der Waals surface area contributed by atoms with E-state index in [1.807, 2.05) is 0 Å². The van der Waals surface area contributed by atoms with Crippen molar-refractivity contribution in [1.29, 1.82) is 0 Å². The Morgan fingerprint density at radius 3 is 2.61 bits per heavy atom. The lowest BCUT2D eigenvalue weighted by Crippen LogP contribution is -2.51. The molecule has 2 aliphatic carbocycles. The van der Waals surface area contributed by atoms with Crippen LogP contribution in [0.1, 0.15) is 46.0 Å². The van der Waals surface area contributed by atoms with Gasteiger partial charge in [0, 0.05) is 13.2 Å². The molecule has 1 aliphatic heterocycles. The Balaban J connectivity index is 1.76. The molecule has 3 aliphatic rings. The Morgan fingerprint density at radius 1 is 1.17 bits per heavy atom. The molecule has 0 aromatic carbocycles. The second kappa shape index (κ2) is 4.19. The lowest BCUT2D eigenvalue weighted by molar-refractivity contribution is -0.108. The van der Waals surface area contributed by atoms with Crippen LogP contribution in [-0.4, -0.2) is 35.1 Å². The maximum absolute atomic E-state index is 9.63. The van der Waals surface area contributed by atoms with Gasteiger partial charge in [0.15, 0.2) is 0 Å². The molecule has 1 saturated heterocycles. The van der Waals surface area contributed by atoms with Crippen LogP contribution in [0.3, 0.4) is 0 Å². The fraction of sp³-hybridized carbons (Fsp3) is 1.00. The SMILES string of the molecule is C[C@@]1(CO)C[C@@H]2[C@@H](CO)CC[C@H]3O[C@@]3(C)CC[C@H]21. The fourth-order valence-electron chi connectivity index (χ4n) is 4.55. The summed E-state index contributed by atoms with van der Waals surface area (Å²) in [5, 5.41) is 19.2. The van der Waals surface area contributed by atoms with E-state index in [0.29, 0.717) is 30.5 Å². The average Bonchev–Trinajstić information content (AvgIpc) is 2.98. The molecular weight excluding hydrogens is 228 g/mol. The molecule has 3 rings (SSSR count). The van der Waals surface area contributed by atoms with Crippen LogP contribution in [0.5, 0.6) is 0 Å². The number of rotatable bonds is 2. The summed E-state index contributed by atoms with van der Waals surface area (Å²) in [5.41, 5.74) is 0.185. The topological polar surface area (TPSA) is 53.0 Å². The predicted octanol–water partition coefficient (Wildman–Crippen LogP) is 1.96. The van der Waals surface area contributed by atoms with E-state index in [0.717, 1.165) is 32.1 Å². The van der Waals surface area contributed by atoms with Gasteiger partial charge in [-0.05, 0) is 62.2 Å². The van der Waals surface area contributed by atoms with Gasteiger partial charge >= 0.3 is 0 Å². The Morgan fingerprint density at radius 2 is 1.94 bits per heavy atom. The van der Waals surface area contributed by atoms with Crippen molar-refractivity contribution in [2.24, 2.45) is 23.2 Å². The minimum Gasteiger partial charge on any atom is -0.396 e. The Bertz CT molecular complexity index is 332. The van der Waals surface area contributed by atoms with Crippen molar-refractivity contribution >= 4 is 0 Å². The van der Waals surface area contributed by atoms with Crippen LogP contribution in [0.15, 0.2) is 0 Å². The molecule has 2 N–H and O–H groups in total. The lowest BCUT2D eigenvalue weighted by atomic mass is 9.50. The highest BCUT2D eigenvalue weighted by Crippen LogP contribution is 2.59. The standard InChI is InChI=1S/C15H26O3/c1-14(9-17)7-11-10(8-16)3-4-13-15(2,18-13)6-5-12(11)14/h10-13,16-17H,3-9H2,1-2H3/t10-,11-,12-,13-,14+,15+/m1/s1.